The van der Waals surface area contributed by atoms with Crippen LogP contribution in [-0.2, 0) is 20.4 Å². The highest BCUT2D eigenvalue weighted by atomic mass is 32.3. The first-order valence-corrected chi connectivity index (χ1v) is 14.9. The number of ether oxygens (including phenoxy) is 1. The highest BCUT2D eigenvalue weighted by Gasteiger charge is 2.71. The number of aromatic nitrogens is 2. The molecule has 10 nitrogen and oxygen atoms in total. The molecule has 0 radical (unpaired) electrons. The molecule has 0 aliphatic carbocycles. The molecule has 2 unspecified atom stereocenters. The summed E-state index contributed by atoms with van der Waals surface area (Å²) in [5.41, 5.74) is -6.66. The van der Waals surface area contributed by atoms with Gasteiger partial charge in [0.05, 0.1) is 13.2 Å². The van der Waals surface area contributed by atoms with Crippen LogP contribution in [0.2, 0.25) is 0 Å². The Bertz CT molecular complexity index is 1090. The predicted molar refractivity (Wildman–Crippen MR) is 142 cm³/mol. The first-order chi connectivity index (χ1) is 19.0. The standard InChI is InChI=1S/C15H16F6N4O3S2.C7H15NO.CH4O/c16-14(17,18)13(26,15(19,20)21)10-8-22-12(23-9-10)24-3-5-25(6-4-24)30(27,28)11-2-1-7-29-11;1-6-4-9-5-7(2)8(6)3;1-2/h2,8-9,26H,1,3-7H2;6-7H,4-5H2,1-3H3;2H,1H3. The number of hydrogen-bond donors (Lipinski definition) is 2. The molecule has 0 saturated carbocycles. The van der Waals surface area contributed by atoms with E-state index in [1.54, 1.807) is 6.08 Å². The van der Waals surface area contributed by atoms with Gasteiger partial charge in [0.15, 0.2) is 0 Å². The molecule has 2 atom stereocenters. The summed E-state index contributed by atoms with van der Waals surface area (Å²) in [7, 11) is -0.469. The number of anilines is 1. The third-order valence-corrected chi connectivity index (χ3v) is 10.4. The Labute approximate surface area is 239 Å². The molecule has 0 spiro atoms. The van der Waals surface area contributed by atoms with E-state index < -0.39 is 33.5 Å². The normalized spacial score (nSPS) is 23.2. The van der Waals surface area contributed by atoms with Gasteiger partial charge < -0.3 is 19.8 Å². The highest BCUT2D eigenvalue weighted by molar-refractivity contribution is 8.18. The number of thioether (sulfide) groups is 1. The molecule has 1 aromatic heterocycles. The van der Waals surface area contributed by atoms with Crippen LogP contribution in [0.15, 0.2) is 22.7 Å². The van der Waals surface area contributed by atoms with E-state index in [-0.39, 0.29) is 48.8 Å². The minimum atomic E-state index is -6.02. The van der Waals surface area contributed by atoms with E-state index in [0.717, 1.165) is 20.3 Å². The van der Waals surface area contributed by atoms with Gasteiger partial charge in [-0.2, -0.15) is 30.6 Å². The molecular formula is C23H35F6N5O5S2. The maximum atomic E-state index is 12.9. The molecule has 236 valence electrons. The topological polar surface area (TPSA) is 119 Å². The van der Waals surface area contributed by atoms with Crippen LogP contribution in [0.25, 0.3) is 0 Å². The van der Waals surface area contributed by atoms with Crippen molar-refractivity contribution >= 4 is 27.7 Å². The van der Waals surface area contributed by atoms with Crippen molar-refractivity contribution in [3.8, 4) is 0 Å². The third-order valence-electron chi connectivity index (χ3n) is 6.77. The Kier molecular flexibility index (Phi) is 12.3. The molecule has 3 aliphatic heterocycles. The van der Waals surface area contributed by atoms with Gasteiger partial charge in [0.2, 0.25) is 16.0 Å². The second-order valence-corrected chi connectivity index (χ2v) is 12.7. The smallest absolute Gasteiger partial charge is 0.400 e. The second kappa shape index (κ2) is 14.2. The number of alkyl halides is 6. The molecule has 2 N–H and O–H groups in total. The Balaban J connectivity index is 0.000000450. The lowest BCUT2D eigenvalue weighted by atomic mass is 9.95. The number of allylic oxidation sites excluding steroid dienone is 1. The van der Waals surface area contributed by atoms with E-state index >= 15 is 0 Å². The molecule has 2 saturated heterocycles. The first-order valence-electron chi connectivity index (χ1n) is 12.5. The number of halogens is 6. The summed E-state index contributed by atoms with van der Waals surface area (Å²) in [5, 5.41) is 16.4. The summed E-state index contributed by atoms with van der Waals surface area (Å²) in [6.07, 6.45) is -9.22. The number of sulfonamides is 1. The Hall–Kier alpha value is -1.70. The van der Waals surface area contributed by atoms with Crippen LogP contribution in [0.5, 0.6) is 0 Å². The second-order valence-electron chi connectivity index (χ2n) is 9.43. The lowest BCUT2D eigenvalue weighted by molar-refractivity contribution is -0.376. The van der Waals surface area contributed by atoms with Gasteiger partial charge >= 0.3 is 12.4 Å². The van der Waals surface area contributed by atoms with Crippen LogP contribution >= 0.6 is 11.8 Å². The van der Waals surface area contributed by atoms with Gasteiger partial charge in [-0.3, -0.25) is 4.90 Å². The number of morpholine rings is 1. The van der Waals surface area contributed by atoms with Gasteiger partial charge in [-0.05, 0) is 27.3 Å². The number of aliphatic hydroxyl groups is 2. The van der Waals surface area contributed by atoms with Gasteiger partial charge in [0.1, 0.15) is 4.24 Å². The lowest BCUT2D eigenvalue weighted by Crippen LogP contribution is -2.54. The fraction of sp³-hybridized carbons (Fsp3) is 0.739. The van der Waals surface area contributed by atoms with E-state index in [1.807, 2.05) is 0 Å². The van der Waals surface area contributed by atoms with Crippen molar-refractivity contribution < 1.29 is 49.7 Å². The van der Waals surface area contributed by atoms with Gasteiger partial charge in [-0.25, -0.2) is 18.4 Å². The van der Waals surface area contributed by atoms with Gasteiger partial charge in [0, 0.05) is 69.1 Å². The average molecular weight is 640 g/mol. The van der Waals surface area contributed by atoms with Crippen molar-refractivity contribution in [3.63, 3.8) is 0 Å². The fourth-order valence-electron chi connectivity index (χ4n) is 4.07. The van der Waals surface area contributed by atoms with Crippen LogP contribution in [0.4, 0.5) is 32.3 Å². The number of likely N-dealkylation sites (N-methyl/N-ethyl adjacent to an activating group) is 1. The van der Waals surface area contributed by atoms with Crippen LogP contribution in [0, 0.1) is 0 Å². The molecular weight excluding hydrogens is 604 g/mol. The molecule has 41 heavy (non-hydrogen) atoms. The predicted octanol–water partition coefficient (Wildman–Crippen LogP) is 2.55. The zero-order valence-corrected chi connectivity index (χ0v) is 24.6. The summed E-state index contributed by atoms with van der Waals surface area (Å²) in [6.45, 7) is 6.46. The number of rotatable bonds is 4. The van der Waals surface area contributed by atoms with Crippen LogP contribution in [-0.4, -0.2) is 122 Å². The van der Waals surface area contributed by atoms with Crippen LogP contribution in [0.1, 0.15) is 25.8 Å². The quantitative estimate of drug-likeness (QED) is 0.476. The summed E-state index contributed by atoms with van der Waals surface area (Å²) in [5.74, 6) is 0.508. The van der Waals surface area contributed by atoms with Crippen molar-refractivity contribution in [3.05, 3.63) is 28.3 Å². The maximum absolute atomic E-state index is 12.9. The molecule has 4 heterocycles. The molecule has 3 aliphatic rings. The van der Waals surface area contributed by atoms with Crippen LogP contribution < -0.4 is 4.90 Å². The number of piperazine rings is 1. The number of hydrogen-bond acceptors (Lipinski definition) is 10. The minimum absolute atomic E-state index is 0.0559. The van der Waals surface area contributed by atoms with Gasteiger partial charge in [0.25, 0.3) is 5.60 Å². The Morgan fingerprint density at radius 3 is 1.83 bits per heavy atom. The maximum Gasteiger partial charge on any atom is 0.430 e. The van der Waals surface area contributed by atoms with Gasteiger partial charge in [-0.1, -0.05) is 6.08 Å². The monoisotopic (exact) mass is 639 g/mol. The Morgan fingerprint density at radius 2 is 1.44 bits per heavy atom. The van der Waals surface area contributed by atoms with E-state index in [1.165, 1.54) is 21.0 Å². The average Bonchev–Trinajstić information content (AvgIpc) is 3.48. The zero-order chi connectivity index (χ0) is 31.2. The van der Waals surface area contributed by atoms with Crippen LogP contribution in [0.3, 0.4) is 0 Å². The molecule has 0 aromatic carbocycles. The van der Waals surface area contributed by atoms with E-state index in [9.17, 15) is 39.9 Å². The van der Waals surface area contributed by atoms with Crippen molar-refractivity contribution in [2.75, 3.05) is 64.2 Å². The Morgan fingerprint density at radius 1 is 0.951 bits per heavy atom. The van der Waals surface area contributed by atoms with E-state index in [2.05, 4.69) is 35.8 Å². The van der Waals surface area contributed by atoms with E-state index in [0.29, 0.717) is 24.3 Å². The summed E-state index contributed by atoms with van der Waals surface area (Å²) < 4.78 is 109. The highest BCUT2D eigenvalue weighted by Crippen LogP contribution is 2.49. The molecule has 0 bridgehead atoms. The summed E-state index contributed by atoms with van der Waals surface area (Å²) >= 11 is 1.23. The van der Waals surface area contributed by atoms with Crippen molar-refractivity contribution in [2.24, 2.45) is 0 Å². The van der Waals surface area contributed by atoms with Crippen molar-refractivity contribution in [1.82, 2.24) is 19.2 Å². The summed E-state index contributed by atoms with van der Waals surface area (Å²) in [4.78, 5) is 10.9. The number of aliphatic hydroxyl groups excluding tert-OH is 1. The first kappa shape index (κ1) is 35.5. The third kappa shape index (κ3) is 8.03. The van der Waals surface area contributed by atoms with E-state index in [4.69, 9.17) is 9.84 Å². The SMILES string of the molecule is CC1COCC(C)N1C.CO.O=S(=O)(C1=CCCS1)N1CCN(c2ncc(C(O)(C(F)(F)F)C(F)(F)F)cn2)CC1. The fourth-order valence-corrected chi connectivity index (χ4v) is 7.13. The van der Waals surface area contributed by atoms with Crippen molar-refractivity contribution in [2.45, 2.75) is 50.3 Å². The molecule has 18 heteroatoms. The molecule has 4 rings (SSSR count). The zero-order valence-electron chi connectivity index (χ0n) is 23.0. The molecule has 2 fully saturated rings. The molecule has 1 aromatic rings. The largest absolute Gasteiger partial charge is 0.430 e. The van der Waals surface area contributed by atoms with Gasteiger partial charge in [-0.15, -0.1) is 11.8 Å². The summed E-state index contributed by atoms with van der Waals surface area (Å²) in [6, 6.07) is 1.18. The molecule has 0 amide bonds. The minimum Gasteiger partial charge on any atom is -0.400 e. The lowest BCUT2D eigenvalue weighted by Gasteiger charge is -2.35. The number of nitrogens with zero attached hydrogens (tertiary/aromatic N) is 5. The van der Waals surface area contributed by atoms with Crippen molar-refractivity contribution in [1.29, 1.82) is 0 Å².